The Hall–Kier alpha value is -1.56. The largest absolute Gasteiger partial charge is 0.395 e. The summed E-state index contributed by atoms with van der Waals surface area (Å²) in [6.45, 7) is 3.52. The fourth-order valence-electron chi connectivity index (χ4n) is 2.68. The number of aromatic nitrogens is 2. The van der Waals surface area contributed by atoms with E-state index in [2.05, 4.69) is 20.2 Å². The SMILES string of the molecule is CCNc1cc(N(CCO)C2CCCC2)nc(N)n1. The van der Waals surface area contributed by atoms with Gasteiger partial charge in [0.1, 0.15) is 11.6 Å². The van der Waals surface area contributed by atoms with Gasteiger partial charge < -0.3 is 21.1 Å². The lowest BCUT2D eigenvalue weighted by molar-refractivity contribution is 0.297. The Morgan fingerprint density at radius 3 is 2.79 bits per heavy atom. The van der Waals surface area contributed by atoms with Crippen molar-refractivity contribution < 1.29 is 5.11 Å². The lowest BCUT2D eigenvalue weighted by atomic mass is 10.2. The standard InChI is InChI=1S/C13H23N5O/c1-2-15-11-9-12(17-13(14)16-11)18(7-8-19)10-5-3-4-6-10/h9-10,19H,2-8H2,1H3,(H3,14,15,16,17). The maximum atomic E-state index is 9.27. The highest BCUT2D eigenvalue weighted by Crippen LogP contribution is 2.28. The number of aliphatic hydroxyl groups is 1. The van der Waals surface area contributed by atoms with Gasteiger partial charge in [-0.2, -0.15) is 9.97 Å². The summed E-state index contributed by atoms with van der Waals surface area (Å²) in [4.78, 5) is 10.6. The third-order valence-electron chi connectivity index (χ3n) is 3.49. The van der Waals surface area contributed by atoms with E-state index in [-0.39, 0.29) is 12.6 Å². The number of nitrogens with one attached hydrogen (secondary N) is 1. The molecule has 0 saturated heterocycles. The molecule has 0 aliphatic heterocycles. The van der Waals surface area contributed by atoms with E-state index in [4.69, 9.17) is 5.73 Å². The Morgan fingerprint density at radius 1 is 1.42 bits per heavy atom. The Morgan fingerprint density at radius 2 is 2.16 bits per heavy atom. The maximum Gasteiger partial charge on any atom is 0.223 e. The van der Waals surface area contributed by atoms with Crippen LogP contribution >= 0.6 is 0 Å². The molecule has 1 aliphatic rings. The number of nitrogen functional groups attached to an aromatic ring is 1. The monoisotopic (exact) mass is 265 g/mol. The van der Waals surface area contributed by atoms with Crippen LogP contribution in [0, 0.1) is 0 Å². The molecule has 0 aromatic carbocycles. The molecule has 106 valence electrons. The van der Waals surface area contributed by atoms with Gasteiger partial charge >= 0.3 is 0 Å². The summed E-state index contributed by atoms with van der Waals surface area (Å²) in [7, 11) is 0. The zero-order valence-electron chi connectivity index (χ0n) is 11.5. The molecule has 0 radical (unpaired) electrons. The molecule has 0 spiro atoms. The minimum absolute atomic E-state index is 0.122. The average molecular weight is 265 g/mol. The molecule has 19 heavy (non-hydrogen) atoms. The first-order chi connectivity index (χ1) is 9.24. The van der Waals surface area contributed by atoms with E-state index in [1.165, 1.54) is 12.8 Å². The molecule has 1 heterocycles. The highest BCUT2D eigenvalue weighted by atomic mass is 16.3. The van der Waals surface area contributed by atoms with Crippen LogP contribution in [-0.2, 0) is 0 Å². The summed E-state index contributed by atoms with van der Waals surface area (Å²) in [5.41, 5.74) is 5.77. The molecule has 0 atom stereocenters. The third-order valence-corrected chi connectivity index (χ3v) is 3.49. The van der Waals surface area contributed by atoms with Gasteiger partial charge in [0.15, 0.2) is 0 Å². The molecule has 6 heteroatoms. The highest BCUT2D eigenvalue weighted by Gasteiger charge is 2.24. The van der Waals surface area contributed by atoms with E-state index in [1.807, 2.05) is 13.0 Å². The second-order valence-corrected chi connectivity index (χ2v) is 4.86. The number of hydrogen-bond acceptors (Lipinski definition) is 6. The van der Waals surface area contributed by atoms with Crippen LogP contribution in [0.5, 0.6) is 0 Å². The lowest BCUT2D eigenvalue weighted by Gasteiger charge is -2.29. The molecule has 1 aromatic heterocycles. The topological polar surface area (TPSA) is 87.3 Å². The highest BCUT2D eigenvalue weighted by molar-refractivity contribution is 5.53. The molecule has 1 aliphatic carbocycles. The first-order valence-electron chi connectivity index (χ1n) is 7.00. The Bertz CT molecular complexity index is 406. The second kappa shape index (κ2) is 6.56. The van der Waals surface area contributed by atoms with E-state index in [1.54, 1.807) is 0 Å². The van der Waals surface area contributed by atoms with Crippen LogP contribution in [0.25, 0.3) is 0 Å². The van der Waals surface area contributed by atoms with Crippen LogP contribution < -0.4 is 16.0 Å². The number of hydrogen-bond donors (Lipinski definition) is 3. The van der Waals surface area contributed by atoms with Crippen molar-refractivity contribution in [3.05, 3.63) is 6.07 Å². The van der Waals surface area contributed by atoms with E-state index >= 15 is 0 Å². The molecule has 1 saturated carbocycles. The van der Waals surface area contributed by atoms with Gasteiger partial charge in [0.25, 0.3) is 0 Å². The zero-order chi connectivity index (χ0) is 13.7. The first kappa shape index (κ1) is 13.9. The van der Waals surface area contributed by atoms with Crippen LogP contribution in [0.4, 0.5) is 17.6 Å². The maximum absolute atomic E-state index is 9.27. The Balaban J connectivity index is 2.24. The summed E-state index contributed by atoms with van der Waals surface area (Å²) in [5.74, 6) is 1.82. The van der Waals surface area contributed by atoms with Crippen molar-refractivity contribution in [2.24, 2.45) is 0 Å². The van der Waals surface area contributed by atoms with E-state index in [0.717, 1.165) is 31.0 Å². The van der Waals surface area contributed by atoms with Gasteiger partial charge in [0.05, 0.1) is 6.61 Å². The summed E-state index contributed by atoms with van der Waals surface area (Å²) in [5, 5.41) is 12.4. The van der Waals surface area contributed by atoms with E-state index in [9.17, 15) is 5.11 Å². The molecule has 6 nitrogen and oxygen atoms in total. The molecule has 1 aromatic rings. The van der Waals surface area contributed by atoms with Crippen molar-refractivity contribution in [2.45, 2.75) is 38.6 Å². The molecular weight excluding hydrogens is 242 g/mol. The summed E-state index contributed by atoms with van der Waals surface area (Å²) >= 11 is 0. The van der Waals surface area contributed by atoms with Gasteiger partial charge in [-0.3, -0.25) is 0 Å². The van der Waals surface area contributed by atoms with Gasteiger partial charge in [-0.15, -0.1) is 0 Å². The molecule has 1 fully saturated rings. The first-order valence-corrected chi connectivity index (χ1v) is 7.00. The molecular formula is C13H23N5O. The lowest BCUT2D eigenvalue weighted by Crippen LogP contribution is -2.36. The predicted octanol–water partition coefficient (Wildman–Crippen LogP) is 1.23. The molecule has 0 amide bonds. The van der Waals surface area contributed by atoms with Crippen molar-refractivity contribution in [2.75, 3.05) is 35.6 Å². The van der Waals surface area contributed by atoms with Gasteiger partial charge in [0, 0.05) is 25.2 Å². The Labute approximate surface area is 114 Å². The number of anilines is 3. The number of nitrogens with zero attached hydrogens (tertiary/aromatic N) is 3. The van der Waals surface area contributed by atoms with E-state index < -0.39 is 0 Å². The van der Waals surface area contributed by atoms with Crippen molar-refractivity contribution in [1.29, 1.82) is 0 Å². The smallest absolute Gasteiger partial charge is 0.223 e. The fourth-order valence-corrected chi connectivity index (χ4v) is 2.68. The van der Waals surface area contributed by atoms with Crippen molar-refractivity contribution in [3.8, 4) is 0 Å². The average Bonchev–Trinajstić information content (AvgIpc) is 2.89. The molecule has 0 bridgehead atoms. The molecule has 0 unspecified atom stereocenters. The van der Waals surface area contributed by atoms with Crippen LogP contribution in [0.1, 0.15) is 32.6 Å². The van der Waals surface area contributed by atoms with E-state index in [0.29, 0.717) is 12.6 Å². The van der Waals surface area contributed by atoms with Gasteiger partial charge in [-0.25, -0.2) is 0 Å². The van der Waals surface area contributed by atoms with Gasteiger partial charge in [0.2, 0.25) is 5.95 Å². The van der Waals surface area contributed by atoms with Crippen LogP contribution in [-0.4, -0.2) is 40.8 Å². The minimum atomic E-state index is 0.122. The zero-order valence-corrected chi connectivity index (χ0v) is 11.5. The quantitative estimate of drug-likeness (QED) is 0.717. The molecule has 4 N–H and O–H groups in total. The normalized spacial score (nSPS) is 15.7. The summed E-state index contributed by atoms with van der Waals surface area (Å²) in [6.07, 6.45) is 4.79. The third kappa shape index (κ3) is 3.47. The van der Waals surface area contributed by atoms with Crippen molar-refractivity contribution >= 4 is 17.6 Å². The second-order valence-electron chi connectivity index (χ2n) is 4.86. The number of nitrogens with two attached hydrogens (primary N) is 1. The minimum Gasteiger partial charge on any atom is -0.395 e. The van der Waals surface area contributed by atoms with Crippen LogP contribution in [0.15, 0.2) is 6.07 Å². The number of rotatable bonds is 6. The molecule has 2 rings (SSSR count). The number of aliphatic hydroxyl groups excluding tert-OH is 1. The summed E-state index contributed by atoms with van der Waals surface area (Å²) < 4.78 is 0. The summed E-state index contributed by atoms with van der Waals surface area (Å²) in [6, 6.07) is 2.37. The van der Waals surface area contributed by atoms with Crippen molar-refractivity contribution in [3.63, 3.8) is 0 Å². The van der Waals surface area contributed by atoms with Gasteiger partial charge in [-0.05, 0) is 19.8 Å². The fraction of sp³-hybridized carbons (Fsp3) is 0.692. The van der Waals surface area contributed by atoms with Crippen LogP contribution in [0.3, 0.4) is 0 Å². The van der Waals surface area contributed by atoms with Crippen LogP contribution in [0.2, 0.25) is 0 Å². The predicted molar refractivity (Wildman–Crippen MR) is 77.3 cm³/mol. The van der Waals surface area contributed by atoms with Crippen molar-refractivity contribution in [1.82, 2.24) is 9.97 Å². The van der Waals surface area contributed by atoms with Gasteiger partial charge in [-0.1, -0.05) is 12.8 Å². The Kier molecular flexibility index (Phi) is 4.79.